The molecule has 14 heteroatoms. The predicted octanol–water partition coefficient (Wildman–Crippen LogP) is 7.89. The van der Waals surface area contributed by atoms with Crippen molar-refractivity contribution < 1.29 is 49.0 Å². The van der Waals surface area contributed by atoms with Gasteiger partial charge in [0.2, 0.25) is 0 Å². The molecule has 1 N–H and O–H groups in total. The van der Waals surface area contributed by atoms with Crippen LogP contribution in [-0.2, 0) is 41.1 Å². The molecule has 4 rings (SSSR count). The molecule has 0 fully saturated rings. The molecule has 1 unspecified atom stereocenters. The second-order valence-corrected chi connectivity index (χ2v) is 9.77. The highest BCUT2D eigenvalue weighted by atomic mass is 19.4. The number of hydrogen-bond acceptors (Lipinski definition) is 3. The van der Waals surface area contributed by atoms with Crippen molar-refractivity contribution >= 4 is 11.9 Å². The number of alkyl halides is 9. The van der Waals surface area contributed by atoms with Gasteiger partial charge in [0, 0.05) is 5.70 Å². The fourth-order valence-electron chi connectivity index (χ4n) is 4.76. The third-order valence-corrected chi connectivity index (χ3v) is 6.88. The maximum atomic E-state index is 13.7. The highest BCUT2D eigenvalue weighted by molar-refractivity contribution is 5.96. The number of nitrogens with one attached hydrogen (secondary N) is 1. The molecular formula is C30H24F9N3O2. The van der Waals surface area contributed by atoms with Gasteiger partial charge < -0.3 is 15.0 Å². The number of nitrogens with zero attached hydrogens (tertiary/aromatic N) is 2. The van der Waals surface area contributed by atoms with E-state index in [0.29, 0.717) is 0 Å². The van der Waals surface area contributed by atoms with Crippen LogP contribution in [-0.4, -0.2) is 23.9 Å². The Bertz CT molecular complexity index is 1590. The molecule has 0 radical (unpaired) electrons. The Hall–Kier alpha value is -4.49. The molecule has 0 saturated heterocycles. The lowest BCUT2D eigenvalue weighted by atomic mass is 9.93. The van der Waals surface area contributed by atoms with Gasteiger partial charge in [-0.25, -0.2) is 9.79 Å². The Balaban J connectivity index is 1.88. The monoisotopic (exact) mass is 629 g/mol. The van der Waals surface area contributed by atoms with E-state index in [9.17, 15) is 44.3 Å². The summed E-state index contributed by atoms with van der Waals surface area (Å²) in [7, 11) is 1.04. The van der Waals surface area contributed by atoms with E-state index in [0.717, 1.165) is 49.6 Å². The lowest BCUT2D eigenvalue weighted by Gasteiger charge is -2.38. The van der Waals surface area contributed by atoms with E-state index in [1.165, 1.54) is 42.2 Å². The number of benzene rings is 3. The summed E-state index contributed by atoms with van der Waals surface area (Å²) in [5.74, 6) is -1.14. The molecule has 5 nitrogen and oxygen atoms in total. The average molecular weight is 630 g/mol. The zero-order valence-electron chi connectivity index (χ0n) is 23.0. The van der Waals surface area contributed by atoms with Crippen molar-refractivity contribution in [1.82, 2.24) is 10.2 Å². The maximum absolute atomic E-state index is 13.7. The minimum atomic E-state index is -4.73. The zero-order chi connectivity index (χ0) is 32.4. The number of esters is 1. The first-order chi connectivity index (χ1) is 20.5. The summed E-state index contributed by atoms with van der Waals surface area (Å²) in [6.45, 7) is 0.492. The second kappa shape index (κ2) is 12.2. The molecule has 3 aromatic carbocycles. The van der Waals surface area contributed by atoms with Crippen LogP contribution in [0, 0.1) is 0 Å². The SMILES string of the molecule is COC(=O)C1=C(C)N(Cc2cccc(C(F)(F)F)c2)C(=NCc2ccccc2C(F)(F)F)NC1c1cccc(C(F)(F)F)c1. The van der Waals surface area contributed by atoms with Crippen molar-refractivity contribution in [3.63, 3.8) is 0 Å². The Labute approximate surface area is 245 Å². The largest absolute Gasteiger partial charge is 0.466 e. The molecule has 234 valence electrons. The molecule has 0 spiro atoms. The summed E-state index contributed by atoms with van der Waals surface area (Å²) < 4.78 is 127. The maximum Gasteiger partial charge on any atom is 0.416 e. The van der Waals surface area contributed by atoms with Gasteiger partial charge in [-0.05, 0) is 53.9 Å². The molecule has 1 atom stereocenters. The van der Waals surface area contributed by atoms with Gasteiger partial charge >= 0.3 is 24.5 Å². The highest BCUT2D eigenvalue weighted by Crippen LogP contribution is 2.37. The number of aliphatic imine (C=N–C) groups is 1. The first kappa shape index (κ1) is 32.4. The second-order valence-electron chi connectivity index (χ2n) is 9.77. The van der Waals surface area contributed by atoms with Crippen molar-refractivity contribution in [2.45, 2.75) is 44.6 Å². The smallest absolute Gasteiger partial charge is 0.416 e. The van der Waals surface area contributed by atoms with Gasteiger partial charge in [-0.1, -0.05) is 42.5 Å². The third kappa shape index (κ3) is 7.17. The number of rotatable bonds is 6. The molecule has 1 heterocycles. The van der Waals surface area contributed by atoms with Crippen LogP contribution in [0.1, 0.15) is 46.3 Å². The topological polar surface area (TPSA) is 53.9 Å². The Kier molecular flexibility index (Phi) is 9.03. The number of hydrogen-bond donors (Lipinski definition) is 1. The van der Waals surface area contributed by atoms with Crippen LogP contribution in [0.15, 0.2) is 89.1 Å². The van der Waals surface area contributed by atoms with E-state index in [2.05, 4.69) is 10.3 Å². The summed E-state index contributed by atoms with van der Waals surface area (Å²) in [5, 5.41) is 2.83. The van der Waals surface area contributed by atoms with Gasteiger partial charge in [-0.2, -0.15) is 39.5 Å². The normalized spacial score (nSPS) is 17.1. The van der Waals surface area contributed by atoms with Gasteiger partial charge in [0.05, 0.1) is 48.5 Å². The van der Waals surface area contributed by atoms with Gasteiger partial charge in [0.15, 0.2) is 5.96 Å². The van der Waals surface area contributed by atoms with Crippen LogP contribution in [0.25, 0.3) is 0 Å². The molecular weight excluding hydrogens is 605 g/mol. The molecule has 0 amide bonds. The van der Waals surface area contributed by atoms with Gasteiger partial charge in [0.25, 0.3) is 0 Å². The van der Waals surface area contributed by atoms with Crippen LogP contribution in [0.5, 0.6) is 0 Å². The average Bonchev–Trinajstić information content (AvgIpc) is 2.96. The van der Waals surface area contributed by atoms with Crippen LogP contribution in [0.3, 0.4) is 0 Å². The summed E-state index contributed by atoms with van der Waals surface area (Å²) in [4.78, 5) is 18.5. The van der Waals surface area contributed by atoms with Crippen molar-refractivity contribution in [2.75, 3.05) is 7.11 Å². The summed E-state index contributed by atoms with van der Waals surface area (Å²) >= 11 is 0. The van der Waals surface area contributed by atoms with E-state index in [4.69, 9.17) is 4.74 Å². The molecule has 44 heavy (non-hydrogen) atoms. The fourth-order valence-corrected chi connectivity index (χ4v) is 4.76. The van der Waals surface area contributed by atoms with E-state index in [1.54, 1.807) is 0 Å². The number of carbonyl (C=O) groups excluding carboxylic acids is 1. The zero-order valence-corrected chi connectivity index (χ0v) is 23.0. The number of carbonyl (C=O) groups is 1. The first-order valence-electron chi connectivity index (χ1n) is 12.9. The molecule has 3 aromatic rings. The predicted molar refractivity (Wildman–Crippen MR) is 142 cm³/mol. The summed E-state index contributed by atoms with van der Waals surface area (Å²) in [6.07, 6.45) is -14.1. The van der Waals surface area contributed by atoms with E-state index in [-0.39, 0.29) is 40.5 Å². The van der Waals surface area contributed by atoms with Crippen LogP contribution >= 0.6 is 0 Å². The van der Waals surface area contributed by atoms with E-state index >= 15 is 0 Å². The molecule has 0 bridgehead atoms. The van der Waals surface area contributed by atoms with E-state index < -0.39 is 53.8 Å². The van der Waals surface area contributed by atoms with E-state index in [1.807, 2.05) is 0 Å². The van der Waals surface area contributed by atoms with Gasteiger partial charge in [-0.3, -0.25) is 0 Å². The third-order valence-electron chi connectivity index (χ3n) is 6.88. The molecule has 1 aliphatic heterocycles. The van der Waals surface area contributed by atoms with Crippen LogP contribution < -0.4 is 5.32 Å². The minimum Gasteiger partial charge on any atom is -0.466 e. The Morgan fingerprint density at radius 3 is 2.07 bits per heavy atom. The van der Waals surface area contributed by atoms with Gasteiger partial charge in [-0.15, -0.1) is 0 Å². The van der Waals surface area contributed by atoms with Crippen molar-refractivity contribution in [3.8, 4) is 0 Å². The summed E-state index contributed by atoms with van der Waals surface area (Å²) in [6, 6.07) is 11.6. The number of allylic oxidation sites excluding steroid dienone is 1. The first-order valence-corrected chi connectivity index (χ1v) is 12.9. The number of methoxy groups -OCH3 is 1. The standard InChI is InChI=1S/C30H24F9N3O2/c1-17-24(26(43)44-2)25(19-9-6-11-22(14-19)29(34,35)36)41-27(40-15-20-8-3-4-12-23(20)30(37,38)39)42(17)16-18-7-5-10-21(13-18)28(31,32)33/h3-14,25H,15-16H2,1-2H3,(H,40,41). The number of halogens is 9. The van der Waals surface area contributed by atoms with Crippen molar-refractivity contribution in [2.24, 2.45) is 4.99 Å². The van der Waals surface area contributed by atoms with Gasteiger partial charge in [0.1, 0.15) is 0 Å². The lowest BCUT2D eigenvalue weighted by Crippen LogP contribution is -2.48. The lowest BCUT2D eigenvalue weighted by molar-refractivity contribution is -0.139. The number of ether oxygens (including phenoxy) is 1. The molecule has 0 saturated carbocycles. The minimum absolute atomic E-state index is 0.0401. The Morgan fingerprint density at radius 1 is 0.841 bits per heavy atom. The van der Waals surface area contributed by atoms with Crippen molar-refractivity contribution in [1.29, 1.82) is 0 Å². The van der Waals surface area contributed by atoms with Crippen LogP contribution in [0.4, 0.5) is 39.5 Å². The Morgan fingerprint density at radius 2 is 1.45 bits per heavy atom. The number of guanidine groups is 1. The van der Waals surface area contributed by atoms with Crippen LogP contribution in [0.2, 0.25) is 0 Å². The molecule has 0 aromatic heterocycles. The van der Waals surface area contributed by atoms with Crippen molar-refractivity contribution in [3.05, 3.63) is 117 Å². The molecule has 0 aliphatic carbocycles. The summed E-state index contributed by atoms with van der Waals surface area (Å²) in [5.41, 5.74) is -3.25. The quantitative estimate of drug-likeness (QED) is 0.223. The molecule has 1 aliphatic rings. The fraction of sp³-hybridized carbons (Fsp3) is 0.267. The highest BCUT2D eigenvalue weighted by Gasteiger charge is 2.38.